The molecule has 0 spiro atoms. The number of methoxy groups -OCH3 is 1. The van der Waals surface area contributed by atoms with E-state index in [1.807, 2.05) is 16.7 Å². The van der Waals surface area contributed by atoms with Crippen LogP contribution in [0.25, 0.3) is 5.65 Å². The number of hydrogen-bond donors (Lipinski definition) is 1. The highest BCUT2D eigenvalue weighted by molar-refractivity contribution is 6.31. The molecule has 3 aromatic rings. The van der Waals surface area contributed by atoms with Crippen molar-refractivity contribution in [3.05, 3.63) is 64.0 Å². The predicted octanol–water partition coefficient (Wildman–Crippen LogP) is 3.58. The number of nitrogens with one attached hydrogen (secondary N) is 1. The Morgan fingerprint density at radius 1 is 1.22 bits per heavy atom. The van der Waals surface area contributed by atoms with Crippen molar-refractivity contribution in [2.45, 2.75) is 6.54 Å². The molecule has 0 bridgehead atoms. The van der Waals surface area contributed by atoms with Crippen LogP contribution in [0.5, 0.6) is 5.75 Å². The summed E-state index contributed by atoms with van der Waals surface area (Å²) in [7, 11) is 1.51. The summed E-state index contributed by atoms with van der Waals surface area (Å²) < 4.78 is 6.99. The molecule has 7 heteroatoms. The highest BCUT2D eigenvalue weighted by Gasteiger charge is 2.13. The molecule has 0 atom stereocenters. The second-order valence-electron chi connectivity index (χ2n) is 4.87. The zero-order valence-electron chi connectivity index (χ0n) is 12.2. The Morgan fingerprint density at radius 2 is 2.00 bits per heavy atom. The minimum Gasteiger partial charge on any atom is -0.496 e. The quantitative estimate of drug-likeness (QED) is 0.783. The van der Waals surface area contributed by atoms with E-state index in [0.29, 0.717) is 21.4 Å². The van der Waals surface area contributed by atoms with E-state index < -0.39 is 0 Å². The van der Waals surface area contributed by atoms with Crippen LogP contribution in [-0.2, 0) is 6.54 Å². The molecule has 0 unspecified atom stereocenters. The number of ether oxygens (including phenoxy) is 1. The Balaban J connectivity index is 1.76. The molecule has 0 saturated heterocycles. The van der Waals surface area contributed by atoms with Crippen molar-refractivity contribution >= 4 is 34.8 Å². The van der Waals surface area contributed by atoms with Crippen LogP contribution in [0.3, 0.4) is 0 Å². The number of halogens is 2. The van der Waals surface area contributed by atoms with E-state index in [0.717, 1.165) is 11.3 Å². The van der Waals surface area contributed by atoms with Crippen LogP contribution < -0.4 is 10.1 Å². The summed E-state index contributed by atoms with van der Waals surface area (Å²) in [4.78, 5) is 16.7. The summed E-state index contributed by atoms with van der Waals surface area (Å²) in [6, 6.07) is 8.48. The second kappa shape index (κ2) is 6.48. The van der Waals surface area contributed by atoms with Gasteiger partial charge in [0, 0.05) is 17.4 Å². The maximum atomic E-state index is 12.3. The largest absolute Gasteiger partial charge is 0.496 e. The van der Waals surface area contributed by atoms with E-state index in [1.165, 1.54) is 7.11 Å². The Bertz CT molecular complexity index is 877. The number of fused-ring (bicyclic) bond motifs is 1. The lowest BCUT2D eigenvalue weighted by molar-refractivity contribution is 0.0947. The van der Waals surface area contributed by atoms with Crippen LogP contribution in [0.4, 0.5) is 0 Å². The summed E-state index contributed by atoms with van der Waals surface area (Å²) in [5.41, 5.74) is 1.87. The van der Waals surface area contributed by atoms with Crippen LogP contribution >= 0.6 is 23.2 Å². The minimum absolute atomic E-state index is 0.278. The standard InChI is InChI=1S/C16H13Cl2N3O2/c1-23-14-4-2-10(17)6-13(14)16(22)19-7-12-9-21-8-11(18)3-5-15(21)20-12/h2-6,8-9H,7H2,1H3,(H,19,22). The van der Waals surface area contributed by atoms with E-state index in [-0.39, 0.29) is 12.5 Å². The summed E-state index contributed by atoms with van der Waals surface area (Å²) in [5.74, 6) is 0.188. The first-order chi connectivity index (χ1) is 11.1. The van der Waals surface area contributed by atoms with E-state index in [4.69, 9.17) is 27.9 Å². The second-order valence-corrected chi connectivity index (χ2v) is 5.75. The van der Waals surface area contributed by atoms with Gasteiger partial charge in [-0.25, -0.2) is 4.98 Å². The number of rotatable bonds is 4. The first-order valence-corrected chi connectivity index (χ1v) is 7.57. The molecule has 2 aromatic heterocycles. The molecule has 1 N–H and O–H groups in total. The highest BCUT2D eigenvalue weighted by atomic mass is 35.5. The smallest absolute Gasteiger partial charge is 0.255 e. The van der Waals surface area contributed by atoms with Gasteiger partial charge in [0.25, 0.3) is 5.91 Å². The zero-order valence-corrected chi connectivity index (χ0v) is 13.7. The number of benzene rings is 1. The molecule has 1 aromatic carbocycles. The molecule has 3 rings (SSSR count). The zero-order chi connectivity index (χ0) is 16.4. The molecular weight excluding hydrogens is 337 g/mol. The fourth-order valence-electron chi connectivity index (χ4n) is 2.23. The molecular formula is C16H13Cl2N3O2. The van der Waals surface area contributed by atoms with Crippen molar-refractivity contribution in [1.29, 1.82) is 0 Å². The van der Waals surface area contributed by atoms with Crippen molar-refractivity contribution in [1.82, 2.24) is 14.7 Å². The SMILES string of the molecule is COc1ccc(Cl)cc1C(=O)NCc1cn2cc(Cl)ccc2n1. The molecule has 0 radical (unpaired) electrons. The average molecular weight is 350 g/mol. The number of carbonyl (C=O) groups is 1. The highest BCUT2D eigenvalue weighted by Crippen LogP contribution is 2.22. The molecule has 1 amide bonds. The third-order valence-corrected chi connectivity index (χ3v) is 3.76. The summed E-state index contributed by atoms with van der Waals surface area (Å²) in [6.07, 6.45) is 3.58. The number of amides is 1. The molecule has 2 heterocycles. The van der Waals surface area contributed by atoms with Gasteiger partial charge in [-0.1, -0.05) is 23.2 Å². The Morgan fingerprint density at radius 3 is 2.78 bits per heavy atom. The fraction of sp³-hybridized carbons (Fsp3) is 0.125. The number of pyridine rings is 1. The summed E-state index contributed by atoms with van der Waals surface area (Å²) in [6.45, 7) is 0.286. The molecule has 0 saturated carbocycles. The minimum atomic E-state index is -0.278. The summed E-state index contributed by atoms with van der Waals surface area (Å²) >= 11 is 11.9. The third kappa shape index (κ3) is 3.41. The number of carbonyl (C=O) groups excluding carboxylic acids is 1. The van der Waals surface area contributed by atoms with Gasteiger partial charge in [0.15, 0.2) is 0 Å². The normalized spacial score (nSPS) is 10.7. The van der Waals surface area contributed by atoms with Gasteiger partial charge in [0.1, 0.15) is 11.4 Å². The Kier molecular flexibility index (Phi) is 4.41. The lowest BCUT2D eigenvalue weighted by atomic mass is 10.2. The maximum absolute atomic E-state index is 12.3. The van der Waals surface area contributed by atoms with Crippen LogP contribution in [0, 0.1) is 0 Å². The Labute approximate surface area is 142 Å². The van der Waals surface area contributed by atoms with Crippen molar-refractivity contribution in [3.63, 3.8) is 0 Å². The maximum Gasteiger partial charge on any atom is 0.255 e. The van der Waals surface area contributed by atoms with E-state index in [2.05, 4.69) is 10.3 Å². The first kappa shape index (κ1) is 15.6. The van der Waals surface area contributed by atoms with Gasteiger partial charge in [0.2, 0.25) is 0 Å². The van der Waals surface area contributed by atoms with Gasteiger partial charge in [-0.2, -0.15) is 0 Å². The van der Waals surface area contributed by atoms with Gasteiger partial charge in [-0.3, -0.25) is 4.79 Å². The first-order valence-electron chi connectivity index (χ1n) is 6.81. The average Bonchev–Trinajstić information content (AvgIpc) is 2.94. The van der Waals surface area contributed by atoms with Crippen molar-refractivity contribution in [3.8, 4) is 5.75 Å². The topological polar surface area (TPSA) is 55.6 Å². The lowest BCUT2D eigenvalue weighted by Crippen LogP contribution is -2.23. The molecule has 0 aliphatic heterocycles. The van der Waals surface area contributed by atoms with Crippen LogP contribution in [0.1, 0.15) is 16.1 Å². The third-order valence-electron chi connectivity index (χ3n) is 3.30. The monoisotopic (exact) mass is 349 g/mol. The Hall–Kier alpha value is -2.24. The van der Waals surface area contributed by atoms with Crippen LogP contribution in [0.2, 0.25) is 10.0 Å². The van der Waals surface area contributed by atoms with E-state index >= 15 is 0 Å². The molecule has 0 fully saturated rings. The number of hydrogen-bond acceptors (Lipinski definition) is 3. The van der Waals surface area contributed by atoms with Crippen LogP contribution in [-0.4, -0.2) is 22.4 Å². The number of aromatic nitrogens is 2. The van der Waals surface area contributed by atoms with Crippen molar-refractivity contribution in [2.75, 3.05) is 7.11 Å². The van der Waals surface area contributed by atoms with Gasteiger partial charge in [-0.05, 0) is 30.3 Å². The van der Waals surface area contributed by atoms with Crippen LogP contribution in [0.15, 0.2) is 42.7 Å². The van der Waals surface area contributed by atoms with E-state index in [1.54, 1.807) is 30.5 Å². The van der Waals surface area contributed by atoms with Gasteiger partial charge in [-0.15, -0.1) is 0 Å². The molecule has 5 nitrogen and oxygen atoms in total. The molecule has 0 aliphatic carbocycles. The van der Waals surface area contributed by atoms with Gasteiger partial charge >= 0.3 is 0 Å². The number of imidazole rings is 1. The predicted molar refractivity (Wildman–Crippen MR) is 89.4 cm³/mol. The lowest BCUT2D eigenvalue weighted by Gasteiger charge is -2.08. The summed E-state index contributed by atoms with van der Waals surface area (Å²) in [5, 5.41) is 3.90. The molecule has 118 valence electrons. The number of nitrogens with zero attached hydrogens (tertiary/aromatic N) is 2. The molecule has 23 heavy (non-hydrogen) atoms. The van der Waals surface area contributed by atoms with Crippen molar-refractivity contribution < 1.29 is 9.53 Å². The fourth-order valence-corrected chi connectivity index (χ4v) is 2.57. The van der Waals surface area contributed by atoms with Crippen molar-refractivity contribution in [2.24, 2.45) is 0 Å². The van der Waals surface area contributed by atoms with E-state index in [9.17, 15) is 4.79 Å². The van der Waals surface area contributed by atoms with Gasteiger partial charge < -0.3 is 14.5 Å². The van der Waals surface area contributed by atoms with Gasteiger partial charge in [0.05, 0.1) is 29.9 Å². The molecule has 0 aliphatic rings.